The molecule has 0 saturated carbocycles. The van der Waals surface area contributed by atoms with Gasteiger partial charge in [-0.3, -0.25) is 9.48 Å². The van der Waals surface area contributed by atoms with Gasteiger partial charge in [0.05, 0.1) is 17.9 Å². The van der Waals surface area contributed by atoms with E-state index in [1.54, 1.807) is 6.20 Å². The average molecular weight is 264 g/mol. The standard InChI is InChI=1S/C14H24N4O/c1-4-11-5-6-15-13(7-11)14(19)17-12-8-16-18(9-12)10(2)3/h8-11,13,15H,4-7H2,1-3H3,(H,17,19). The van der Waals surface area contributed by atoms with Crippen LogP contribution < -0.4 is 10.6 Å². The average Bonchev–Trinajstić information content (AvgIpc) is 2.87. The zero-order chi connectivity index (χ0) is 13.8. The maximum atomic E-state index is 12.2. The monoisotopic (exact) mass is 264 g/mol. The van der Waals surface area contributed by atoms with Crippen molar-refractivity contribution in [2.24, 2.45) is 5.92 Å². The van der Waals surface area contributed by atoms with Crippen molar-refractivity contribution in [3.8, 4) is 0 Å². The molecule has 0 spiro atoms. The van der Waals surface area contributed by atoms with Crippen molar-refractivity contribution in [3.63, 3.8) is 0 Å². The van der Waals surface area contributed by atoms with Crippen molar-refractivity contribution in [1.82, 2.24) is 15.1 Å². The fourth-order valence-electron chi connectivity index (χ4n) is 2.48. The van der Waals surface area contributed by atoms with E-state index in [-0.39, 0.29) is 11.9 Å². The molecule has 0 bridgehead atoms. The first kappa shape index (κ1) is 14.1. The first-order chi connectivity index (χ1) is 9.10. The predicted octanol–water partition coefficient (Wildman–Crippen LogP) is 2.18. The van der Waals surface area contributed by atoms with E-state index in [0.29, 0.717) is 12.0 Å². The van der Waals surface area contributed by atoms with Crippen LogP contribution in [0.3, 0.4) is 0 Å². The van der Waals surface area contributed by atoms with Crippen LogP contribution in [-0.2, 0) is 4.79 Å². The molecule has 1 saturated heterocycles. The Morgan fingerprint density at radius 1 is 1.63 bits per heavy atom. The largest absolute Gasteiger partial charge is 0.322 e. The normalized spacial score (nSPS) is 23.6. The lowest BCUT2D eigenvalue weighted by molar-refractivity contribution is -0.119. The Balaban J connectivity index is 1.92. The number of aromatic nitrogens is 2. The molecule has 2 atom stereocenters. The van der Waals surface area contributed by atoms with Crippen molar-refractivity contribution >= 4 is 11.6 Å². The molecule has 1 aliphatic heterocycles. The van der Waals surface area contributed by atoms with Crippen LogP contribution in [0, 0.1) is 5.92 Å². The Morgan fingerprint density at radius 3 is 3.05 bits per heavy atom. The Kier molecular flexibility index (Phi) is 4.58. The van der Waals surface area contributed by atoms with Gasteiger partial charge in [-0.25, -0.2) is 0 Å². The van der Waals surface area contributed by atoms with Crippen LogP contribution in [0.15, 0.2) is 12.4 Å². The lowest BCUT2D eigenvalue weighted by atomic mass is 9.90. The summed E-state index contributed by atoms with van der Waals surface area (Å²) in [5.41, 5.74) is 0.777. The molecular formula is C14H24N4O. The lowest BCUT2D eigenvalue weighted by Gasteiger charge is -2.28. The molecule has 2 unspecified atom stereocenters. The third-order valence-electron chi connectivity index (χ3n) is 3.80. The van der Waals surface area contributed by atoms with E-state index in [2.05, 4.69) is 36.5 Å². The maximum Gasteiger partial charge on any atom is 0.241 e. The van der Waals surface area contributed by atoms with E-state index in [1.165, 1.54) is 6.42 Å². The van der Waals surface area contributed by atoms with Crippen LogP contribution in [0.2, 0.25) is 0 Å². The summed E-state index contributed by atoms with van der Waals surface area (Å²) in [4.78, 5) is 12.2. The number of nitrogens with zero attached hydrogens (tertiary/aromatic N) is 2. The van der Waals surface area contributed by atoms with Crippen LogP contribution in [0.1, 0.15) is 46.1 Å². The molecule has 2 N–H and O–H groups in total. The second-order valence-electron chi connectivity index (χ2n) is 5.60. The molecule has 0 aliphatic carbocycles. The highest BCUT2D eigenvalue weighted by molar-refractivity contribution is 5.94. The van der Waals surface area contributed by atoms with Crippen LogP contribution in [0.4, 0.5) is 5.69 Å². The Labute approximate surface area is 114 Å². The fourth-order valence-corrected chi connectivity index (χ4v) is 2.48. The van der Waals surface area contributed by atoms with Gasteiger partial charge in [-0.1, -0.05) is 13.3 Å². The summed E-state index contributed by atoms with van der Waals surface area (Å²) < 4.78 is 1.85. The van der Waals surface area contributed by atoms with Crippen LogP contribution >= 0.6 is 0 Å². The van der Waals surface area contributed by atoms with Gasteiger partial charge in [-0.15, -0.1) is 0 Å². The predicted molar refractivity (Wildman–Crippen MR) is 76.0 cm³/mol. The van der Waals surface area contributed by atoms with Crippen molar-refractivity contribution < 1.29 is 4.79 Å². The Hall–Kier alpha value is -1.36. The van der Waals surface area contributed by atoms with E-state index in [9.17, 15) is 4.79 Å². The first-order valence-electron chi connectivity index (χ1n) is 7.18. The molecule has 106 valence electrons. The molecule has 1 amide bonds. The van der Waals surface area contributed by atoms with E-state index in [4.69, 9.17) is 0 Å². The summed E-state index contributed by atoms with van der Waals surface area (Å²) in [6.07, 6.45) is 6.84. The van der Waals surface area contributed by atoms with Crippen molar-refractivity contribution in [3.05, 3.63) is 12.4 Å². The number of piperidine rings is 1. The van der Waals surface area contributed by atoms with Gasteiger partial charge in [0.1, 0.15) is 0 Å². The third kappa shape index (κ3) is 3.56. The first-order valence-corrected chi connectivity index (χ1v) is 7.18. The van der Waals surface area contributed by atoms with Gasteiger partial charge in [-0.05, 0) is 39.2 Å². The molecule has 1 aromatic rings. The zero-order valence-electron chi connectivity index (χ0n) is 12.0. The van der Waals surface area contributed by atoms with E-state index in [0.717, 1.165) is 25.1 Å². The number of hydrogen-bond donors (Lipinski definition) is 2. The molecule has 5 nitrogen and oxygen atoms in total. The van der Waals surface area contributed by atoms with Crippen molar-refractivity contribution in [1.29, 1.82) is 0 Å². The van der Waals surface area contributed by atoms with Crippen LogP contribution in [-0.4, -0.2) is 28.3 Å². The number of carbonyl (C=O) groups excluding carboxylic acids is 1. The molecule has 0 aromatic carbocycles. The fraction of sp³-hybridized carbons (Fsp3) is 0.714. The molecular weight excluding hydrogens is 240 g/mol. The Bertz CT molecular complexity index is 427. The molecule has 5 heteroatoms. The number of anilines is 1. The summed E-state index contributed by atoms with van der Waals surface area (Å²) in [7, 11) is 0. The summed E-state index contributed by atoms with van der Waals surface area (Å²) in [6, 6.07) is 0.240. The number of amides is 1. The summed E-state index contributed by atoms with van der Waals surface area (Å²) in [5, 5.41) is 10.5. The minimum absolute atomic E-state index is 0.0569. The van der Waals surface area contributed by atoms with Gasteiger partial charge in [-0.2, -0.15) is 5.10 Å². The summed E-state index contributed by atoms with van der Waals surface area (Å²) >= 11 is 0. The van der Waals surface area contributed by atoms with Crippen LogP contribution in [0.5, 0.6) is 0 Å². The molecule has 19 heavy (non-hydrogen) atoms. The SMILES string of the molecule is CCC1CCNC(C(=O)Nc2cnn(C(C)C)c2)C1. The molecule has 0 radical (unpaired) electrons. The summed E-state index contributed by atoms with van der Waals surface area (Å²) in [5.74, 6) is 0.719. The van der Waals surface area contributed by atoms with E-state index < -0.39 is 0 Å². The number of carbonyl (C=O) groups is 1. The number of hydrogen-bond acceptors (Lipinski definition) is 3. The second kappa shape index (κ2) is 6.19. The van der Waals surface area contributed by atoms with Gasteiger partial charge in [0.2, 0.25) is 5.91 Å². The highest BCUT2D eigenvalue weighted by Crippen LogP contribution is 2.20. The molecule has 1 aromatic heterocycles. The number of nitrogens with one attached hydrogen (secondary N) is 2. The topological polar surface area (TPSA) is 59.0 Å². The minimum Gasteiger partial charge on any atom is -0.322 e. The Morgan fingerprint density at radius 2 is 2.42 bits per heavy atom. The molecule has 2 heterocycles. The van der Waals surface area contributed by atoms with Crippen molar-refractivity contribution in [2.75, 3.05) is 11.9 Å². The molecule has 1 aliphatic rings. The van der Waals surface area contributed by atoms with Gasteiger partial charge in [0.25, 0.3) is 0 Å². The van der Waals surface area contributed by atoms with Gasteiger partial charge in [0.15, 0.2) is 0 Å². The van der Waals surface area contributed by atoms with Gasteiger partial charge < -0.3 is 10.6 Å². The van der Waals surface area contributed by atoms with E-state index >= 15 is 0 Å². The van der Waals surface area contributed by atoms with Crippen LogP contribution in [0.25, 0.3) is 0 Å². The highest BCUT2D eigenvalue weighted by Gasteiger charge is 2.26. The lowest BCUT2D eigenvalue weighted by Crippen LogP contribution is -2.46. The van der Waals surface area contributed by atoms with Gasteiger partial charge >= 0.3 is 0 Å². The smallest absolute Gasteiger partial charge is 0.241 e. The van der Waals surface area contributed by atoms with E-state index in [1.807, 2.05) is 10.9 Å². The van der Waals surface area contributed by atoms with Gasteiger partial charge in [0, 0.05) is 12.2 Å². The quantitative estimate of drug-likeness (QED) is 0.876. The second-order valence-corrected chi connectivity index (χ2v) is 5.60. The highest BCUT2D eigenvalue weighted by atomic mass is 16.2. The maximum absolute atomic E-state index is 12.2. The molecule has 2 rings (SSSR count). The van der Waals surface area contributed by atoms with Crippen molar-refractivity contribution in [2.45, 2.75) is 52.1 Å². The third-order valence-corrected chi connectivity index (χ3v) is 3.80. The number of rotatable bonds is 4. The zero-order valence-corrected chi connectivity index (χ0v) is 12.0. The summed E-state index contributed by atoms with van der Waals surface area (Å²) in [6.45, 7) is 7.25. The minimum atomic E-state index is -0.0684. The molecule has 1 fully saturated rings.